The molecule has 0 radical (unpaired) electrons. The molecule has 3 rings (SSSR count). The Kier molecular flexibility index (Phi) is 6.42. The molecule has 0 amide bonds. The number of nitrogens with two attached hydrogens (primary N) is 1. The minimum absolute atomic E-state index is 0.0753. The van der Waals surface area contributed by atoms with Crippen LogP contribution in [0.5, 0.6) is 5.75 Å². The van der Waals surface area contributed by atoms with Gasteiger partial charge in [0.05, 0.1) is 0 Å². The topological polar surface area (TPSA) is 46.1 Å². The minimum atomic E-state index is -0.478. The normalized spacial score (nSPS) is 13.2. The van der Waals surface area contributed by atoms with Crippen LogP contribution >= 0.6 is 0 Å². The van der Waals surface area contributed by atoms with E-state index in [4.69, 9.17) is 4.74 Å². The Bertz CT molecular complexity index is 790. The summed E-state index contributed by atoms with van der Waals surface area (Å²) in [5.41, 5.74) is 3.29. The maximum absolute atomic E-state index is 10.5. The minimum Gasteiger partial charge on any atom is -0.489 e. The zero-order valence-electron chi connectivity index (χ0n) is 15.1. The second kappa shape index (κ2) is 9.18. The summed E-state index contributed by atoms with van der Waals surface area (Å²) in [6.07, 6.45) is -0.478. The molecule has 0 unspecified atom stereocenters. The van der Waals surface area contributed by atoms with Crippen molar-refractivity contribution in [2.75, 3.05) is 0 Å². The monoisotopic (exact) mass is 348 g/mol. The van der Waals surface area contributed by atoms with Crippen molar-refractivity contribution in [1.29, 1.82) is 0 Å². The highest BCUT2D eigenvalue weighted by molar-refractivity contribution is 5.28. The molecule has 134 valence electrons. The summed E-state index contributed by atoms with van der Waals surface area (Å²) in [7, 11) is 0. The third-order valence-electron chi connectivity index (χ3n) is 4.51. The van der Waals surface area contributed by atoms with E-state index in [2.05, 4.69) is 29.6 Å². The molecule has 0 heterocycles. The third kappa shape index (κ3) is 5.19. The number of rotatable bonds is 8. The second-order valence-corrected chi connectivity index (χ2v) is 6.58. The van der Waals surface area contributed by atoms with Crippen LogP contribution in [0, 0.1) is 0 Å². The smallest absolute Gasteiger partial charge is 0.130 e. The molecule has 0 saturated heterocycles. The van der Waals surface area contributed by atoms with Crippen molar-refractivity contribution in [1.82, 2.24) is 0 Å². The molecule has 3 heteroatoms. The maximum atomic E-state index is 10.5. The fraction of sp³-hybridized carbons (Fsp3) is 0.217. The van der Waals surface area contributed by atoms with Gasteiger partial charge in [-0.05, 0) is 30.2 Å². The zero-order chi connectivity index (χ0) is 18.2. The number of ether oxygens (including phenoxy) is 1. The third-order valence-corrected chi connectivity index (χ3v) is 4.51. The Labute approximate surface area is 155 Å². The first-order valence-electron chi connectivity index (χ1n) is 9.04. The fourth-order valence-electron chi connectivity index (χ4n) is 2.91. The molecule has 0 aliphatic rings. The average molecular weight is 348 g/mol. The molecule has 26 heavy (non-hydrogen) atoms. The zero-order valence-corrected chi connectivity index (χ0v) is 15.1. The molecule has 0 aliphatic heterocycles. The Morgan fingerprint density at radius 1 is 0.846 bits per heavy atom. The highest BCUT2D eigenvalue weighted by Crippen LogP contribution is 2.16. The molecule has 0 aliphatic carbocycles. The predicted molar refractivity (Wildman–Crippen MR) is 104 cm³/mol. The van der Waals surface area contributed by atoms with Crippen LogP contribution in [0.25, 0.3) is 0 Å². The molecule has 0 saturated carbocycles. The van der Waals surface area contributed by atoms with Crippen molar-refractivity contribution < 1.29 is 15.2 Å². The van der Waals surface area contributed by atoms with E-state index in [1.807, 2.05) is 67.6 Å². The number of aliphatic hydroxyl groups is 1. The molecule has 0 spiro atoms. The standard InChI is InChI=1S/C23H25NO2/c1-18(23(25)21-12-6-3-7-13-21)24-16-20-11-8-14-22(15-20)26-17-19-9-4-2-5-10-19/h2-15,18,23-25H,16-17H2,1H3/p+1/t18-,23+/m0/s1. The number of benzene rings is 3. The molecule has 0 aromatic heterocycles. The molecular formula is C23H26NO2+. The Morgan fingerprint density at radius 2 is 1.50 bits per heavy atom. The summed E-state index contributed by atoms with van der Waals surface area (Å²) in [5.74, 6) is 0.871. The van der Waals surface area contributed by atoms with Crippen LogP contribution in [-0.2, 0) is 13.2 Å². The lowest BCUT2D eigenvalue weighted by Crippen LogP contribution is -2.88. The largest absolute Gasteiger partial charge is 0.489 e. The maximum Gasteiger partial charge on any atom is 0.130 e. The van der Waals surface area contributed by atoms with Crippen molar-refractivity contribution in [3.8, 4) is 5.75 Å². The number of hydrogen-bond acceptors (Lipinski definition) is 2. The Morgan fingerprint density at radius 3 is 2.23 bits per heavy atom. The molecule has 2 atom stereocenters. The summed E-state index contributed by atoms with van der Waals surface area (Å²) in [6, 6.07) is 28.2. The van der Waals surface area contributed by atoms with Crippen LogP contribution in [0.3, 0.4) is 0 Å². The van der Waals surface area contributed by atoms with Gasteiger partial charge in [0.25, 0.3) is 0 Å². The van der Waals surface area contributed by atoms with Gasteiger partial charge in [-0.15, -0.1) is 0 Å². The highest BCUT2D eigenvalue weighted by Gasteiger charge is 2.18. The number of hydrogen-bond donors (Lipinski definition) is 2. The van der Waals surface area contributed by atoms with Crippen molar-refractivity contribution >= 4 is 0 Å². The van der Waals surface area contributed by atoms with E-state index in [0.717, 1.165) is 23.4 Å². The van der Waals surface area contributed by atoms with Crippen LogP contribution in [-0.4, -0.2) is 11.1 Å². The summed E-state index contributed by atoms with van der Waals surface area (Å²) in [4.78, 5) is 0. The number of quaternary nitrogens is 1. The van der Waals surface area contributed by atoms with Crippen LogP contribution in [0.4, 0.5) is 0 Å². The fourth-order valence-corrected chi connectivity index (χ4v) is 2.91. The van der Waals surface area contributed by atoms with Crippen LogP contribution < -0.4 is 10.1 Å². The van der Waals surface area contributed by atoms with Gasteiger partial charge in [-0.3, -0.25) is 0 Å². The summed E-state index contributed by atoms with van der Waals surface area (Å²) in [6.45, 7) is 3.41. The summed E-state index contributed by atoms with van der Waals surface area (Å²) in [5, 5.41) is 12.6. The van der Waals surface area contributed by atoms with E-state index in [0.29, 0.717) is 6.61 Å². The molecule has 3 aromatic carbocycles. The van der Waals surface area contributed by atoms with Crippen LogP contribution in [0.15, 0.2) is 84.9 Å². The lowest BCUT2D eigenvalue weighted by molar-refractivity contribution is -0.709. The molecule has 0 bridgehead atoms. The van der Waals surface area contributed by atoms with E-state index < -0.39 is 6.10 Å². The van der Waals surface area contributed by atoms with Crippen molar-refractivity contribution in [3.63, 3.8) is 0 Å². The molecule has 3 N–H and O–H groups in total. The van der Waals surface area contributed by atoms with Gasteiger partial charge in [-0.25, -0.2) is 0 Å². The first-order valence-corrected chi connectivity index (χ1v) is 9.04. The van der Waals surface area contributed by atoms with Gasteiger partial charge in [0.15, 0.2) is 0 Å². The lowest BCUT2D eigenvalue weighted by atomic mass is 10.0. The van der Waals surface area contributed by atoms with Crippen LogP contribution in [0.2, 0.25) is 0 Å². The number of aliphatic hydroxyl groups excluding tert-OH is 1. The lowest BCUT2D eigenvalue weighted by Gasteiger charge is -2.18. The van der Waals surface area contributed by atoms with E-state index in [-0.39, 0.29) is 6.04 Å². The van der Waals surface area contributed by atoms with Gasteiger partial charge in [-0.1, -0.05) is 72.8 Å². The first-order chi connectivity index (χ1) is 12.7. The first kappa shape index (κ1) is 18.2. The van der Waals surface area contributed by atoms with Gasteiger partial charge in [-0.2, -0.15) is 0 Å². The Balaban J connectivity index is 1.53. The van der Waals surface area contributed by atoms with E-state index >= 15 is 0 Å². The van der Waals surface area contributed by atoms with Crippen molar-refractivity contribution in [2.45, 2.75) is 32.2 Å². The highest BCUT2D eigenvalue weighted by atomic mass is 16.5. The van der Waals surface area contributed by atoms with Crippen molar-refractivity contribution in [2.24, 2.45) is 0 Å². The second-order valence-electron chi connectivity index (χ2n) is 6.58. The van der Waals surface area contributed by atoms with E-state index in [1.54, 1.807) is 0 Å². The Hall–Kier alpha value is -2.62. The van der Waals surface area contributed by atoms with Gasteiger partial charge in [0.2, 0.25) is 0 Å². The van der Waals surface area contributed by atoms with Crippen molar-refractivity contribution in [3.05, 3.63) is 102 Å². The van der Waals surface area contributed by atoms with E-state index in [1.165, 1.54) is 5.56 Å². The van der Waals surface area contributed by atoms with E-state index in [9.17, 15) is 5.11 Å². The van der Waals surface area contributed by atoms with Gasteiger partial charge >= 0.3 is 0 Å². The van der Waals surface area contributed by atoms with Gasteiger partial charge < -0.3 is 15.2 Å². The molecule has 3 aromatic rings. The SMILES string of the molecule is C[C@H]([NH2+]Cc1cccc(OCc2ccccc2)c1)[C@@H](O)c1ccccc1. The van der Waals surface area contributed by atoms with Crippen LogP contribution in [0.1, 0.15) is 29.7 Å². The molecule has 0 fully saturated rings. The quantitative estimate of drug-likeness (QED) is 0.655. The molecular weight excluding hydrogens is 322 g/mol. The average Bonchev–Trinajstić information content (AvgIpc) is 2.71. The van der Waals surface area contributed by atoms with Gasteiger partial charge in [0, 0.05) is 5.56 Å². The molecule has 3 nitrogen and oxygen atoms in total. The summed E-state index contributed by atoms with van der Waals surface area (Å²) < 4.78 is 5.89. The summed E-state index contributed by atoms with van der Waals surface area (Å²) >= 11 is 0. The predicted octanol–water partition coefficient (Wildman–Crippen LogP) is 3.45. The van der Waals surface area contributed by atoms with Gasteiger partial charge in [0.1, 0.15) is 31.0 Å².